The van der Waals surface area contributed by atoms with Crippen molar-refractivity contribution in [3.8, 4) is 0 Å². The summed E-state index contributed by atoms with van der Waals surface area (Å²) >= 11 is 0. The molecule has 0 saturated carbocycles. The standard InChI is InChI=1S/C17H26N6O/c1-12-6-8-14(9-7-12)15(22(3)4)10-18-17(24)20-13(2)16-21-19-11-23(16)5/h6-9,11,13,15H,10H2,1-5H3,(H2,18,20,24)/t13-,15+/m0/s1. The number of carbonyl (C=O) groups is 1. The largest absolute Gasteiger partial charge is 0.336 e. The zero-order valence-corrected chi connectivity index (χ0v) is 14.9. The number of benzene rings is 1. The van der Waals surface area contributed by atoms with Gasteiger partial charge in [0.1, 0.15) is 6.33 Å². The predicted molar refractivity (Wildman–Crippen MR) is 93.6 cm³/mol. The van der Waals surface area contributed by atoms with Crippen molar-refractivity contribution in [1.82, 2.24) is 30.3 Å². The normalized spacial score (nSPS) is 13.6. The minimum absolute atomic E-state index is 0.112. The number of amides is 2. The van der Waals surface area contributed by atoms with E-state index in [2.05, 4.69) is 56.9 Å². The van der Waals surface area contributed by atoms with Crippen molar-refractivity contribution in [2.75, 3.05) is 20.6 Å². The first kappa shape index (κ1) is 17.9. The first-order valence-electron chi connectivity index (χ1n) is 7.99. The minimum Gasteiger partial charge on any atom is -0.336 e. The second-order valence-corrected chi connectivity index (χ2v) is 6.27. The molecule has 2 aromatic rings. The molecule has 0 saturated heterocycles. The molecule has 0 aliphatic rings. The van der Waals surface area contributed by atoms with Crippen molar-refractivity contribution >= 4 is 6.03 Å². The lowest BCUT2D eigenvalue weighted by Gasteiger charge is -2.25. The van der Waals surface area contributed by atoms with Gasteiger partial charge in [-0.15, -0.1) is 10.2 Å². The number of carbonyl (C=O) groups excluding carboxylic acids is 1. The lowest BCUT2D eigenvalue weighted by Crippen LogP contribution is -2.41. The molecule has 24 heavy (non-hydrogen) atoms. The fourth-order valence-electron chi connectivity index (χ4n) is 2.57. The summed E-state index contributed by atoms with van der Waals surface area (Å²) in [5.74, 6) is 0.716. The molecule has 0 radical (unpaired) electrons. The van der Waals surface area contributed by atoms with Crippen molar-refractivity contribution in [2.24, 2.45) is 7.05 Å². The zero-order valence-electron chi connectivity index (χ0n) is 14.9. The maximum atomic E-state index is 12.2. The van der Waals surface area contributed by atoms with Crippen molar-refractivity contribution in [3.63, 3.8) is 0 Å². The molecule has 0 aliphatic heterocycles. The Balaban J connectivity index is 1.93. The monoisotopic (exact) mass is 330 g/mol. The van der Waals surface area contributed by atoms with E-state index in [1.54, 1.807) is 10.9 Å². The first-order chi connectivity index (χ1) is 11.4. The molecule has 7 heteroatoms. The molecule has 2 amide bonds. The third kappa shape index (κ3) is 4.55. The first-order valence-corrected chi connectivity index (χ1v) is 7.99. The van der Waals surface area contributed by atoms with Gasteiger partial charge in [0.25, 0.3) is 0 Å². The van der Waals surface area contributed by atoms with Gasteiger partial charge in [0.15, 0.2) is 5.82 Å². The summed E-state index contributed by atoms with van der Waals surface area (Å²) in [7, 11) is 5.86. The molecule has 2 rings (SSSR count). The third-order valence-electron chi connectivity index (χ3n) is 4.02. The minimum atomic E-state index is -0.218. The lowest BCUT2D eigenvalue weighted by molar-refractivity contribution is 0.229. The van der Waals surface area contributed by atoms with Crippen LogP contribution in [0.25, 0.3) is 0 Å². The maximum absolute atomic E-state index is 12.2. The van der Waals surface area contributed by atoms with E-state index in [0.29, 0.717) is 12.4 Å². The summed E-state index contributed by atoms with van der Waals surface area (Å²) in [5, 5.41) is 13.7. The Labute approximate surface area is 143 Å². The maximum Gasteiger partial charge on any atom is 0.315 e. The van der Waals surface area contributed by atoms with Crippen LogP contribution in [0.5, 0.6) is 0 Å². The van der Waals surface area contributed by atoms with Gasteiger partial charge in [0, 0.05) is 13.6 Å². The number of aryl methyl sites for hydroxylation is 2. The SMILES string of the molecule is Cc1ccc([C@@H](CNC(=O)N[C@@H](C)c2nncn2C)N(C)C)cc1. The summed E-state index contributed by atoms with van der Waals surface area (Å²) in [6, 6.07) is 8.05. The third-order valence-corrected chi connectivity index (χ3v) is 4.02. The number of urea groups is 1. The van der Waals surface area contributed by atoms with Crippen molar-refractivity contribution in [2.45, 2.75) is 25.9 Å². The second-order valence-electron chi connectivity index (χ2n) is 6.27. The Hall–Kier alpha value is -2.41. The van der Waals surface area contributed by atoms with Crippen LogP contribution in [0.15, 0.2) is 30.6 Å². The topological polar surface area (TPSA) is 75.1 Å². The number of likely N-dealkylation sites (N-methyl/N-ethyl adjacent to an activating group) is 1. The number of hydrogen-bond donors (Lipinski definition) is 2. The van der Waals surface area contributed by atoms with Crippen LogP contribution < -0.4 is 10.6 Å². The number of nitrogens with zero attached hydrogens (tertiary/aromatic N) is 4. The highest BCUT2D eigenvalue weighted by atomic mass is 16.2. The summed E-state index contributed by atoms with van der Waals surface area (Å²) < 4.78 is 1.79. The molecule has 1 heterocycles. The molecule has 130 valence electrons. The molecule has 0 bridgehead atoms. The second kappa shape index (κ2) is 7.92. The van der Waals surface area contributed by atoms with Gasteiger partial charge in [-0.05, 0) is 33.5 Å². The van der Waals surface area contributed by atoms with Gasteiger partial charge in [0.2, 0.25) is 0 Å². The average Bonchev–Trinajstić information content (AvgIpc) is 2.95. The predicted octanol–water partition coefficient (Wildman–Crippen LogP) is 1.79. The van der Waals surface area contributed by atoms with Gasteiger partial charge in [-0.3, -0.25) is 0 Å². The van der Waals surface area contributed by atoms with E-state index in [-0.39, 0.29) is 18.1 Å². The van der Waals surface area contributed by atoms with Crippen LogP contribution in [-0.4, -0.2) is 46.3 Å². The van der Waals surface area contributed by atoms with Crippen LogP contribution in [-0.2, 0) is 7.05 Å². The molecule has 1 aromatic heterocycles. The number of aromatic nitrogens is 3. The van der Waals surface area contributed by atoms with Gasteiger partial charge < -0.3 is 20.1 Å². The fourth-order valence-corrected chi connectivity index (χ4v) is 2.57. The van der Waals surface area contributed by atoms with Crippen LogP contribution in [0, 0.1) is 6.92 Å². The van der Waals surface area contributed by atoms with Crippen LogP contribution in [0.2, 0.25) is 0 Å². The van der Waals surface area contributed by atoms with Crippen LogP contribution in [0.1, 0.15) is 36.0 Å². The van der Waals surface area contributed by atoms with Crippen LogP contribution >= 0.6 is 0 Å². The van der Waals surface area contributed by atoms with Gasteiger partial charge in [-0.2, -0.15) is 0 Å². The quantitative estimate of drug-likeness (QED) is 0.847. The zero-order chi connectivity index (χ0) is 17.7. The number of hydrogen-bond acceptors (Lipinski definition) is 4. The molecule has 2 N–H and O–H groups in total. The molecule has 0 fully saturated rings. The summed E-state index contributed by atoms with van der Waals surface area (Å²) in [6.45, 7) is 4.47. The Morgan fingerprint density at radius 3 is 2.50 bits per heavy atom. The van der Waals surface area contributed by atoms with E-state index in [9.17, 15) is 4.79 Å². The van der Waals surface area contributed by atoms with Gasteiger partial charge >= 0.3 is 6.03 Å². The Morgan fingerprint density at radius 2 is 1.96 bits per heavy atom. The summed E-state index contributed by atoms with van der Waals surface area (Å²) in [5.41, 5.74) is 2.40. The van der Waals surface area contributed by atoms with Crippen molar-refractivity contribution in [3.05, 3.63) is 47.5 Å². The van der Waals surface area contributed by atoms with Gasteiger partial charge in [-0.25, -0.2) is 4.79 Å². The van der Waals surface area contributed by atoms with Crippen LogP contribution in [0.4, 0.5) is 4.79 Å². The van der Waals surface area contributed by atoms with Gasteiger partial charge in [-0.1, -0.05) is 29.8 Å². The number of rotatable bonds is 6. The highest BCUT2D eigenvalue weighted by Gasteiger charge is 2.17. The van der Waals surface area contributed by atoms with Gasteiger partial charge in [0.05, 0.1) is 12.1 Å². The molecule has 0 spiro atoms. The highest BCUT2D eigenvalue weighted by Crippen LogP contribution is 2.18. The van der Waals surface area contributed by atoms with E-state index in [0.717, 1.165) is 0 Å². The summed E-state index contributed by atoms with van der Waals surface area (Å²) in [4.78, 5) is 14.3. The van der Waals surface area contributed by atoms with E-state index < -0.39 is 0 Å². The van der Waals surface area contributed by atoms with Crippen molar-refractivity contribution in [1.29, 1.82) is 0 Å². The highest BCUT2D eigenvalue weighted by molar-refractivity contribution is 5.74. The Morgan fingerprint density at radius 1 is 1.29 bits per heavy atom. The Bertz CT molecular complexity index is 664. The molecule has 1 aromatic carbocycles. The molecular weight excluding hydrogens is 304 g/mol. The molecular formula is C17H26N6O. The molecule has 0 unspecified atom stereocenters. The molecule has 7 nitrogen and oxygen atoms in total. The van der Waals surface area contributed by atoms with E-state index in [1.165, 1.54) is 11.1 Å². The summed E-state index contributed by atoms with van der Waals surface area (Å²) in [6.07, 6.45) is 1.62. The lowest BCUT2D eigenvalue weighted by atomic mass is 10.0. The van der Waals surface area contributed by atoms with E-state index in [4.69, 9.17) is 0 Å². The average molecular weight is 330 g/mol. The van der Waals surface area contributed by atoms with Crippen LogP contribution in [0.3, 0.4) is 0 Å². The molecule has 0 aliphatic carbocycles. The molecule has 2 atom stereocenters. The van der Waals surface area contributed by atoms with E-state index >= 15 is 0 Å². The van der Waals surface area contributed by atoms with E-state index in [1.807, 2.05) is 28.1 Å². The van der Waals surface area contributed by atoms with Crippen molar-refractivity contribution < 1.29 is 4.79 Å². The Kier molecular flexibility index (Phi) is 5.92. The fraction of sp³-hybridized carbons (Fsp3) is 0.471. The smallest absolute Gasteiger partial charge is 0.315 e. The number of nitrogens with one attached hydrogen (secondary N) is 2.